The van der Waals surface area contributed by atoms with Crippen molar-refractivity contribution in [2.75, 3.05) is 20.6 Å². The first kappa shape index (κ1) is 22.3. The summed E-state index contributed by atoms with van der Waals surface area (Å²) in [5, 5.41) is 11.8. The van der Waals surface area contributed by atoms with E-state index in [0.717, 1.165) is 18.5 Å². The molecule has 3 unspecified atom stereocenters. The van der Waals surface area contributed by atoms with Gasteiger partial charge in [-0.15, -0.1) is 0 Å². The summed E-state index contributed by atoms with van der Waals surface area (Å²) in [6.07, 6.45) is 11.2. The minimum Gasteiger partial charge on any atom is -0.384 e. The summed E-state index contributed by atoms with van der Waals surface area (Å²) in [5.41, 5.74) is 1.82. The molecule has 1 heterocycles. The minimum atomic E-state index is -0.845. The lowest BCUT2D eigenvalue weighted by Crippen LogP contribution is -2.68. The van der Waals surface area contributed by atoms with Gasteiger partial charge in [-0.1, -0.05) is 92.1 Å². The second-order valence-electron chi connectivity index (χ2n) is 9.79. The molecule has 0 amide bonds. The third-order valence-electron chi connectivity index (χ3n) is 7.68. The van der Waals surface area contributed by atoms with Crippen LogP contribution >= 0.6 is 0 Å². The highest BCUT2D eigenvalue weighted by Crippen LogP contribution is 2.47. The molecular weight excluding hydrogens is 380 g/mol. The molecule has 2 aliphatic rings. The van der Waals surface area contributed by atoms with Gasteiger partial charge in [-0.25, -0.2) is 0 Å². The summed E-state index contributed by atoms with van der Waals surface area (Å²) in [6, 6.07) is 21.7. The number of hydrogen-bond acceptors (Lipinski definition) is 3. The predicted octanol–water partition coefficient (Wildman–Crippen LogP) is 5.31. The molecule has 2 aromatic carbocycles. The molecule has 3 atom stereocenters. The van der Waals surface area contributed by atoms with Crippen LogP contribution in [0.3, 0.4) is 0 Å². The van der Waals surface area contributed by atoms with Crippen LogP contribution in [-0.2, 0) is 5.54 Å². The zero-order chi connectivity index (χ0) is 21.9. The summed E-state index contributed by atoms with van der Waals surface area (Å²) in [7, 11) is 4.23. The van der Waals surface area contributed by atoms with Gasteiger partial charge in [0.2, 0.25) is 0 Å². The number of rotatable bonds is 5. The molecule has 0 aromatic heterocycles. The Morgan fingerprint density at radius 3 is 2.13 bits per heavy atom. The second kappa shape index (κ2) is 9.28. The van der Waals surface area contributed by atoms with E-state index < -0.39 is 5.60 Å². The van der Waals surface area contributed by atoms with Crippen LogP contribution in [0.1, 0.15) is 56.6 Å². The molecule has 1 saturated carbocycles. The SMILES string of the molecule is CC1C(N(C)C)C(O)(C=Cc2ccccc2)CCN1C1(c2ccccc2)CCCCC1. The van der Waals surface area contributed by atoms with Gasteiger partial charge < -0.3 is 10.0 Å². The Morgan fingerprint density at radius 1 is 0.903 bits per heavy atom. The van der Waals surface area contributed by atoms with Crippen molar-refractivity contribution in [3.8, 4) is 0 Å². The summed E-state index contributed by atoms with van der Waals surface area (Å²) < 4.78 is 0. The first-order chi connectivity index (χ1) is 15.0. The number of benzene rings is 2. The van der Waals surface area contributed by atoms with Crippen LogP contribution in [0, 0.1) is 0 Å². The molecule has 1 saturated heterocycles. The fourth-order valence-electron chi connectivity index (χ4n) is 6.33. The Balaban J connectivity index is 1.67. The zero-order valence-electron chi connectivity index (χ0n) is 19.4. The van der Waals surface area contributed by atoms with Gasteiger partial charge >= 0.3 is 0 Å². The van der Waals surface area contributed by atoms with E-state index in [1.807, 2.05) is 18.2 Å². The quantitative estimate of drug-likeness (QED) is 0.712. The summed E-state index contributed by atoms with van der Waals surface area (Å²) in [5.74, 6) is 0. The van der Waals surface area contributed by atoms with Crippen molar-refractivity contribution in [3.05, 3.63) is 77.9 Å². The van der Waals surface area contributed by atoms with Gasteiger partial charge in [-0.3, -0.25) is 4.90 Å². The lowest BCUT2D eigenvalue weighted by Gasteiger charge is -2.58. The summed E-state index contributed by atoms with van der Waals surface area (Å²) in [4.78, 5) is 4.96. The Hall–Kier alpha value is -1.94. The lowest BCUT2D eigenvalue weighted by molar-refractivity contribution is -0.117. The van der Waals surface area contributed by atoms with Gasteiger partial charge in [-0.2, -0.15) is 0 Å². The monoisotopic (exact) mass is 418 g/mol. The highest BCUT2D eigenvalue weighted by atomic mass is 16.3. The Kier molecular flexibility index (Phi) is 6.66. The van der Waals surface area contributed by atoms with Gasteiger partial charge in [0, 0.05) is 18.1 Å². The molecule has 31 heavy (non-hydrogen) atoms. The van der Waals surface area contributed by atoms with Crippen molar-refractivity contribution < 1.29 is 5.11 Å². The van der Waals surface area contributed by atoms with E-state index >= 15 is 0 Å². The summed E-state index contributed by atoms with van der Waals surface area (Å²) >= 11 is 0. The highest BCUT2D eigenvalue weighted by molar-refractivity contribution is 5.50. The van der Waals surface area contributed by atoms with E-state index in [0.29, 0.717) is 0 Å². The molecule has 1 aliphatic heterocycles. The van der Waals surface area contributed by atoms with Crippen molar-refractivity contribution in [1.29, 1.82) is 0 Å². The van der Waals surface area contributed by atoms with Gasteiger partial charge in [0.15, 0.2) is 0 Å². The average molecular weight is 419 g/mol. The van der Waals surface area contributed by atoms with Crippen molar-refractivity contribution in [2.24, 2.45) is 0 Å². The molecule has 2 fully saturated rings. The molecule has 4 rings (SSSR count). The molecule has 1 aliphatic carbocycles. The number of aliphatic hydroxyl groups is 1. The van der Waals surface area contributed by atoms with Gasteiger partial charge in [-0.05, 0) is 51.4 Å². The van der Waals surface area contributed by atoms with E-state index in [1.165, 1.54) is 37.7 Å². The van der Waals surface area contributed by atoms with Crippen molar-refractivity contribution in [2.45, 2.75) is 68.7 Å². The maximum Gasteiger partial charge on any atom is 0.101 e. The largest absolute Gasteiger partial charge is 0.384 e. The van der Waals surface area contributed by atoms with Crippen molar-refractivity contribution in [1.82, 2.24) is 9.80 Å². The first-order valence-electron chi connectivity index (χ1n) is 11.9. The van der Waals surface area contributed by atoms with Crippen LogP contribution in [0.4, 0.5) is 0 Å². The van der Waals surface area contributed by atoms with Gasteiger partial charge in [0.05, 0.1) is 6.04 Å². The summed E-state index contributed by atoms with van der Waals surface area (Å²) in [6.45, 7) is 3.24. The Bertz CT molecular complexity index is 857. The van der Waals surface area contributed by atoms with Crippen LogP contribution in [-0.4, -0.2) is 53.2 Å². The topological polar surface area (TPSA) is 26.7 Å². The average Bonchev–Trinajstić information content (AvgIpc) is 2.79. The van der Waals surface area contributed by atoms with Crippen molar-refractivity contribution in [3.63, 3.8) is 0 Å². The van der Waals surface area contributed by atoms with Gasteiger partial charge in [0.1, 0.15) is 5.60 Å². The fraction of sp³-hybridized carbons (Fsp3) is 0.500. The molecular formula is C28H38N2O. The van der Waals surface area contributed by atoms with Crippen LogP contribution in [0.2, 0.25) is 0 Å². The van der Waals surface area contributed by atoms with Crippen LogP contribution in [0.5, 0.6) is 0 Å². The normalized spacial score (nSPS) is 29.5. The number of piperidine rings is 1. The molecule has 166 valence electrons. The molecule has 0 radical (unpaired) electrons. The van der Waals surface area contributed by atoms with E-state index in [9.17, 15) is 5.11 Å². The van der Waals surface area contributed by atoms with Gasteiger partial charge in [0.25, 0.3) is 0 Å². The standard InChI is InChI=1S/C28H38N2O/c1-23-26(29(2)3)28(31,20-17-24-13-7-4-8-14-24)21-22-30(23)27(18-11-6-12-19-27)25-15-9-5-10-16-25/h4-5,7-10,13-17,20,23,26,31H,6,11-12,18-19,21-22H2,1-3H3. The maximum absolute atomic E-state index is 11.8. The molecule has 0 spiro atoms. The third kappa shape index (κ3) is 4.37. The fourth-order valence-corrected chi connectivity index (χ4v) is 6.33. The lowest BCUT2D eigenvalue weighted by atomic mass is 9.71. The van der Waals surface area contributed by atoms with E-state index in [-0.39, 0.29) is 17.6 Å². The van der Waals surface area contributed by atoms with E-state index in [1.54, 1.807) is 0 Å². The maximum atomic E-state index is 11.8. The van der Waals surface area contributed by atoms with Crippen LogP contribution in [0.15, 0.2) is 66.7 Å². The molecule has 1 N–H and O–H groups in total. The Morgan fingerprint density at radius 2 is 1.52 bits per heavy atom. The zero-order valence-corrected chi connectivity index (χ0v) is 19.4. The van der Waals surface area contributed by atoms with E-state index in [4.69, 9.17) is 0 Å². The van der Waals surface area contributed by atoms with E-state index in [2.05, 4.69) is 85.4 Å². The second-order valence-corrected chi connectivity index (χ2v) is 9.79. The number of likely N-dealkylation sites (tertiary alicyclic amines) is 1. The predicted molar refractivity (Wildman–Crippen MR) is 130 cm³/mol. The van der Waals surface area contributed by atoms with Crippen molar-refractivity contribution >= 4 is 6.08 Å². The first-order valence-corrected chi connectivity index (χ1v) is 11.9. The molecule has 2 aromatic rings. The smallest absolute Gasteiger partial charge is 0.101 e. The highest BCUT2D eigenvalue weighted by Gasteiger charge is 2.51. The third-order valence-corrected chi connectivity index (χ3v) is 7.68. The molecule has 3 nitrogen and oxygen atoms in total. The van der Waals surface area contributed by atoms with Crippen LogP contribution in [0.25, 0.3) is 6.08 Å². The number of hydrogen-bond donors (Lipinski definition) is 1. The molecule has 3 heteroatoms. The minimum absolute atomic E-state index is 0.0312. The molecule has 0 bridgehead atoms. The number of nitrogens with zero attached hydrogens (tertiary/aromatic N) is 2. The van der Waals surface area contributed by atoms with Crippen LogP contribution < -0.4 is 0 Å². The number of likely N-dealkylation sites (N-methyl/N-ethyl adjacent to an activating group) is 1. The Labute approximate surface area is 188 Å².